The predicted molar refractivity (Wildman–Crippen MR) is 110 cm³/mol. The summed E-state index contributed by atoms with van der Waals surface area (Å²) >= 11 is 0. The molecule has 4 rings (SSSR count). The van der Waals surface area contributed by atoms with Crippen molar-refractivity contribution in [1.29, 1.82) is 0 Å². The molecule has 0 bridgehead atoms. The van der Waals surface area contributed by atoms with E-state index >= 15 is 0 Å². The van der Waals surface area contributed by atoms with Crippen LogP contribution in [0.15, 0.2) is 62.6 Å². The van der Waals surface area contributed by atoms with Gasteiger partial charge in [0.25, 0.3) is 15.6 Å². The summed E-state index contributed by atoms with van der Waals surface area (Å²) in [7, 11) is -3.96. The van der Waals surface area contributed by atoms with Gasteiger partial charge in [-0.3, -0.25) is 4.79 Å². The number of sulfonamides is 1. The van der Waals surface area contributed by atoms with Gasteiger partial charge < -0.3 is 5.11 Å². The van der Waals surface area contributed by atoms with E-state index in [-0.39, 0.29) is 34.2 Å². The van der Waals surface area contributed by atoms with Gasteiger partial charge in [-0.2, -0.15) is 12.8 Å². The summed E-state index contributed by atoms with van der Waals surface area (Å²) in [5, 5.41) is 11.0. The van der Waals surface area contributed by atoms with Crippen molar-refractivity contribution in [3.05, 3.63) is 81.4 Å². The number of nitrogens with zero attached hydrogens (tertiary/aromatic N) is 3. The first-order valence-electron chi connectivity index (χ1n) is 9.25. The maximum atomic E-state index is 13.4. The highest BCUT2D eigenvalue weighted by atomic mass is 32.2. The standard InChI is InChI=1S/C21H20FN3O4S/c1-21(2,3)25-20(27)17(18-15-6-4-5-7-16(15)30(28,29)23-18)19(26)24(25)12-13-8-10-14(22)11-9-13/h4-11,27H,12H2,1-3H3. The SMILES string of the molecule is CC(C)(C)n1c(O)c(C2=NS(=O)(=O)c3ccccc32)c(=O)n1Cc1ccc(F)cc1. The van der Waals surface area contributed by atoms with E-state index in [1.165, 1.54) is 27.6 Å². The predicted octanol–water partition coefficient (Wildman–Crippen LogP) is 2.84. The van der Waals surface area contributed by atoms with Crippen LogP contribution in [0.5, 0.6) is 5.88 Å². The fourth-order valence-electron chi connectivity index (χ4n) is 3.61. The van der Waals surface area contributed by atoms with Crippen LogP contribution in [0.3, 0.4) is 0 Å². The van der Waals surface area contributed by atoms with Crippen LogP contribution in [0.1, 0.15) is 37.5 Å². The molecule has 1 aliphatic heterocycles. The lowest BCUT2D eigenvalue weighted by atomic mass is 10.0. The van der Waals surface area contributed by atoms with Gasteiger partial charge >= 0.3 is 0 Å². The summed E-state index contributed by atoms with van der Waals surface area (Å²) in [6, 6.07) is 11.8. The molecule has 0 unspecified atom stereocenters. The smallest absolute Gasteiger partial charge is 0.283 e. The lowest BCUT2D eigenvalue weighted by Crippen LogP contribution is -2.33. The third kappa shape index (κ3) is 3.15. The molecule has 0 atom stereocenters. The molecule has 1 N–H and O–H groups in total. The monoisotopic (exact) mass is 429 g/mol. The molecule has 7 nitrogen and oxygen atoms in total. The molecule has 0 saturated heterocycles. The van der Waals surface area contributed by atoms with Gasteiger partial charge in [0.05, 0.1) is 17.0 Å². The lowest BCUT2D eigenvalue weighted by Gasteiger charge is -2.25. The van der Waals surface area contributed by atoms with Gasteiger partial charge in [0.1, 0.15) is 17.1 Å². The quantitative estimate of drug-likeness (QED) is 0.693. The van der Waals surface area contributed by atoms with E-state index in [2.05, 4.69) is 4.40 Å². The van der Waals surface area contributed by atoms with Crippen LogP contribution >= 0.6 is 0 Å². The Morgan fingerprint density at radius 3 is 2.33 bits per heavy atom. The Bertz CT molecular complexity index is 1340. The summed E-state index contributed by atoms with van der Waals surface area (Å²) in [5.41, 5.74) is -0.639. The molecule has 30 heavy (non-hydrogen) atoms. The molecule has 0 fully saturated rings. The van der Waals surface area contributed by atoms with E-state index in [0.717, 1.165) is 0 Å². The van der Waals surface area contributed by atoms with Crippen molar-refractivity contribution in [1.82, 2.24) is 9.36 Å². The first-order chi connectivity index (χ1) is 14.0. The summed E-state index contributed by atoms with van der Waals surface area (Å²) in [6.45, 7) is 5.47. The molecule has 9 heteroatoms. The normalized spacial score (nSPS) is 15.1. The second-order valence-electron chi connectivity index (χ2n) is 8.08. The van der Waals surface area contributed by atoms with Crippen molar-refractivity contribution in [3.63, 3.8) is 0 Å². The molecule has 156 valence electrons. The Hall–Kier alpha value is -3.20. The molecule has 2 aromatic carbocycles. The van der Waals surface area contributed by atoms with E-state index in [4.69, 9.17) is 0 Å². The molecular formula is C21H20FN3O4S. The molecule has 1 aliphatic rings. The van der Waals surface area contributed by atoms with Crippen molar-refractivity contribution < 1.29 is 17.9 Å². The molecule has 2 heterocycles. The summed E-state index contributed by atoms with van der Waals surface area (Å²) in [6.07, 6.45) is 0. The number of fused-ring (bicyclic) bond motifs is 1. The molecule has 1 aromatic heterocycles. The maximum Gasteiger partial charge on any atom is 0.283 e. The van der Waals surface area contributed by atoms with E-state index in [1.807, 2.05) is 0 Å². The van der Waals surface area contributed by atoms with E-state index in [1.54, 1.807) is 51.1 Å². The van der Waals surface area contributed by atoms with Crippen molar-refractivity contribution in [3.8, 4) is 5.88 Å². The minimum atomic E-state index is -3.96. The van der Waals surface area contributed by atoms with Gasteiger partial charge in [-0.1, -0.05) is 30.3 Å². The zero-order chi connectivity index (χ0) is 21.8. The van der Waals surface area contributed by atoms with Crippen molar-refractivity contribution in [2.24, 2.45) is 4.40 Å². The molecule has 0 saturated carbocycles. The van der Waals surface area contributed by atoms with Gasteiger partial charge in [0.15, 0.2) is 0 Å². The molecule has 0 amide bonds. The number of aromatic hydroxyl groups is 1. The third-order valence-electron chi connectivity index (χ3n) is 4.86. The van der Waals surface area contributed by atoms with Crippen LogP contribution in [0.25, 0.3) is 0 Å². The topological polar surface area (TPSA) is 93.7 Å². The van der Waals surface area contributed by atoms with E-state index in [0.29, 0.717) is 5.56 Å². The van der Waals surface area contributed by atoms with Gasteiger partial charge in [0, 0.05) is 5.56 Å². The molecule has 3 aromatic rings. The van der Waals surface area contributed by atoms with Crippen molar-refractivity contribution in [2.75, 3.05) is 0 Å². The number of hydrogen-bond acceptors (Lipinski definition) is 4. The summed E-state index contributed by atoms with van der Waals surface area (Å²) < 4.78 is 44.7. The number of rotatable bonds is 3. The fourth-order valence-corrected chi connectivity index (χ4v) is 4.84. The number of hydrogen-bond donors (Lipinski definition) is 1. The third-order valence-corrected chi connectivity index (χ3v) is 6.20. The van der Waals surface area contributed by atoms with Gasteiger partial charge in [-0.05, 0) is 44.5 Å². The van der Waals surface area contributed by atoms with Crippen LogP contribution in [0.4, 0.5) is 4.39 Å². The van der Waals surface area contributed by atoms with Crippen LogP contribution in [0.2, 0.25) is 0 Å². The molecular weight excluding hydrogens is 409 g/mol. The highest BCUT2D eigenvalue weighted by Gasteiger charge is 2.36. The molecule has 0 spiro atoms. The Morgan fingerprint density at radius 2 is 1.70 bits per heavy atom. The maximum absolute atomic E-state index is 13.4. The van der Waals surface area contributed by atoms with E-state index < -0.39 is 26.9 Å². The summed E-state index contributed by atoms with van der Waals surface area (Å²) in [4.78, 5) is 13.4. The van der Waals surface area contributed by atoms with Crippen molar-refractivity contribution >= 4 is 15.7 Å². The average molecular weight is 429 g/mol. The largest absolute Gasteiger partial charge is 0.493 e. The minimum Gasteiger partial charge on any atom is -0.493 e. The minimum absolute atomic E-state index is 0.00704. The highest BCUT2D eigenvalue weighted by molar-refractivity contribution is 7.90. The Morgan fingerprint density at radius 1 is 1.07 bits per heavy atom. The van der Waals surface area contributed by atoms with Crippen LogP contribution in [-0.2, 0) is 22.1 Å². The first kappa shape index (κ1) is 20.1. The second-order valence-corrected chi connectivity index (χ2v) is 9.65. The van der Waals surface area contributed by atoms with Gasteiger partial charge in [-0.25, -0.2) is 13.8 Å². The summed E-state index contributed by atoms with van der Waals surface area (Å²) in [5.74, 6) is -0.775. The average Bonchev–Trinajstić information content (AvgIpc) is 3.07. The fraction of sp³-hybridized carbons (Fsp3) is 0.238. The van der Waals surface area contributed by atoms with Gasteiger partial charge in [-0.15, -0.1) is 0 Å². The zero-order valence-corrected chi connectivity index (χ0v) is 17.4. The number of halogens is 1. The number of aromatic nitrogens is 2. The molecule has 0 aliphatic carbocycles. The van der Waals surface area contributed by atoms with Crippen LogP contribution in [0, 0.1) is 5.82 Å². The van der Waals surface area contributed by atoms with Crippen LogP contribution < -0.4 is 5.56 Å². The Balaban J connectivity index is 1.96. The lowest BCUT2D eigenvalue weighted by molar-refractivity contribution is 0.253. The van der Waals surface area contributed by atoms with Crippen molar-refractivity contribution in [2.45, 2.75) is 37.8 Å². The Labute approximate surface area is 172 Å². The van der Waals surface area contributed by atoms with Gasteiger partial charge in [0.2, 0.25) is 5.88 Å². The second kappa shape index (κ2) is 6.66. The number of benzene rings is 2. The van der Waals surface area contributed by atoms with Crippen LogP contribution in [-0.4, -0.2) is 28.6 Å². The zero-order valence-electron chi connectivity index (χ0n) is 16.6. The highest BCUT2D eigenvalue weighted by Crippen LogP contribution is 2.33. The molecule has 0 radical (unpaired) electrons. The Kier molecular flexibility index (Phi) is 4.46. The van der Waals surface area contributed by atoms with E-state index in [9.17, 15) is 22.7 Å². The first-order valence-corrected chi connectivity index (χ1v) is 10.7.